The van der Waals surface area contributed by atoms with Crippen LogP contribution >= 0.6 is 0 Å². The van der Waals surface area contributed by atoms with Gasteiger partial charge in [0.25, 0.3) is 0 Å². The van der Waals surface area contributed by atoms with Crippen LogP contribution in [0.2, 0.25) is 0 Å². The highest BCUT2D eigenvalue weighted by Crippen LogP contribution is 2.19. The highest BCUT2D eigenvalue weighted by atomic mass is 15.3. The summed E-state index contributed by atoms with van der Waals surface area (Å²) in [4.78, 5) is 0. The van der Waals surface area contributed by atoms with Crippen LogP contribution in [0.25, 0.3) is 0 Å². The summed E-state index contributed by atoms with van der Waals surface area (Å²) in [7, 11) is 2.42. The summed E-state index contributed by atoms with van der Waals surface area (Å²) in [6, 6.07) is 0. The minimum absolute atomic E-state index is 0.915. The third-order valence-electron chi connectivity index (χ3n) is 3.10. The number of hydrogen-bond acceptors (Lipinski definition) is 0. The van der Waals surface area contributed by atoms with Crippen LogP contribution < -0.4 is 0 Å². The molecule has 1 rings (SSSR count). The fraction of sp³-hybridized carbons (Fsp3) is 1.00. The van der Waals surface area contributed by atoms with Crippen LogP contribution in [0.15, 0.2) is 0 Å². The number of nitrogens with zero attached hydrogens (tertiary/aromatic N) is 1. The van der Waals surface area contributed by atoms with E-state index >= 15 is 0 Å². The lowest BCUT2D eigenvalue weighted by Crippen LogP contribution is -2.43. The summed E-state index contributed by atoms with van der Waals surface area (Å²) < 4.78 is 1.34. The average molecular weight is 156 g/mol. The van der Waals surface area contributed by atoms with Gasteiger partial charge in [-0.25, -0.2) is 0 Å². The van der Waals surface area contributed by atoms with Crippen molar-refractivity contribution in [2.45, 2.75) is 33.1 Å². The quantitative estimate of drug-likeness (QED) is 0.550. The molecule has 0 spiro atoms. The van der Waals surface area contributed by atoms with E-state index in [-0.39, 0.29) is 0 Å². The van der Waals surface area contributed by atoms with Crippen LogP contribution in [0.3, 0.4) is 0 Å². The molecule has 0 saturated carbocycles. The van der Waals surface area contributed by atoms with Gasteiger partial charge in [0.15, 0.2) is 0 Å². The van der Waals surface area contributed by atoms with Crippen molar-refractivity contribution in [3.63, 3.8) is 0 Å². The molecule has 1 heteroatoms. The van der Waals surface area contributed by atoms with Crippen molar-refractivity contribution in [1.29, 1.82) is 0 Å². The third-order valence-corrected chi connectivity index (χ3v) is 3.10. The molecule has 66 valence electrons. The zero-order valence-electron chi connectivity index (χ0n) is 8.27. The van der Waals surface area contributed by atoms with E-state index in [0.29, 0.717) is 0 Å². The van der Waals surface area contributed by atoms with Crippen molar-refractivity contribution in [3.05, 3.63) is 0 Å². The Hall–Kier alpha value is -0.0400. The van der Waals surface area contributed by atoms with Gasteiger partial charge in [0, 0.05) is 18.8 Å². The lowest BCUT2D eigenvalue weighted by atomic mass is 10.1. The largest absolute Gasteiger partial charge is 0.326 e. The molecule has 0 amide bonds. The summed E-state index contributed by atoms with van der Waals surface area (Å²) >= 11 is 0. The molecule has 1 atom stereocenters. The topological polar surface area (TPSA) is 0 Å². The second-order valence-electron chi connectivity index (χ2n) is 4.47. The number of rotatable bonds is 3. The van der Waals surface area contributed by atoms with Crippen LogP contribution in [-0.4, -0.2) is 31.2 Å². The van der Waals surface area contributed by atoms with Crippen LogP contribution in [0.5, 0.6) is 0 Å². The van der Waals surface area contributed by atoms with Crippen molar-refractivity contribution in [2.75, 3.05) is 26.7 Å². The summed E-state index contributed by atoms with van der Waals surface area (Å²) in [5, 5.41) is 0. The molecule has 0 aliphatic carbocycles. The lowest BCUT2D eigenvalue weighted by molar-refractivity contribution is -0.900. The molecule has 0 aromatic carbocycles. The molecular formula is C10H22N+. The van der Waals surface area contributed by atoms with E-state index in [4.69, 9.17) is 0 Å². The molecule has 0 radical (unpaired) electrons. The van der Waals surface area contributed by atoms with Gasteiger partial charge in [-0.2, -0.15) is 0 Å². The van der Waals surface area contributed by atoms with Crippen molar-refractivity contribution < 1.29 is 4.48 Å². The van der Waals surface area contributed by atoms with Crippen molar-refractivity contribution >= 4 is 0 Å². The molecule has 11 heavy (non-hydrogen) atoms. The number of hydrogen-bond donors (Lipinski definition) is 0. The summed E-state index contributed by atoms with van der Waals surface area (Å²) in [6.07, 6.45) is 4.24. The second kappa shape index (κ2) is 3.57. The first-order chi connectivity index (χ1) is 5.16. The monoisotopic (exact) mass is 156 g/mol. The van der Waals surface area contributed by atoms with Gasteiger partial charge in [-0.3, -0.25) is 0 Å². The summed E-state index contributed by atoms with van der Waals surface area (Å²) in [5.41, 5.74) is 0. The standard InChI is InChI=1S/C10H22N/c1-4-10(2)9-11(3)7-5-6-8-11/h10H,4-9H2,1-3H3/q+1. The molecule has 1 aliphatic rings. The SMILES string of the molecule is CCC(C)C[N+]1(C)CCCC1. The molecule has 1 fully saturated rings. The van der Waals surface area contributed by atoms with Crippen LogP contribution in [0.4, 0.5) is 0 Å². The zero-order valence-corrected chi connectivity index (χ0v) is 8.27. The minimum atomic E-state index is 0.915. The normalized spacial score (nSPS) is 25.4. The Morgan fingerprint density at radius 1 is 1.27 bits per heavy atom. The Kier molecular flexibility index (Phi) is 2.94. The first-order valence-electron chi connectivity index (χ1n) is 5.00. The van der Waals surface area contributed by atoms with Gasteiger partial charge in [0.05, 0.1) is 26.7 Å². The zero-order chi connectivity index (χ0) is 8.32. The smallest absolute Gasteiger partial charge is 0.0810 e. The van der Waals surface area contributed by atoms with E-state index in [2.05, 4.69) is 20.9 Å². The predicted octanol–water partition coefficient (Wildman–Crippen LogP) is 2.27. The van der Waals surface area contributed by atoms with Crippen LogP contribution in [-0.2, 0) is 0 Å². The van der Waals surface area contributed by atoms with Crippen LogP contribution in [0, 0.1) is 5.92 Å². The molecule has 1 unspecified atom stereocenters. The minimum Gasteiger partial charge on any atom is -0.326 e. The van der Waals surface area contributed by atoms with Gasteiger partial charge in [-0.15, -0.1) is 0 Å². The lowest BCUT2D eigenvalue weighted by Gasteiger charge is -2.31. The molecule has 0 N–H and O–H groups in total. The number of quaternary nitrogens is 1. The highest BCUT2D eigenvalue weighted by Gasteiger charge is 2.27. The van der Waals surface area contributed by atoms with Gasteiger partial charge in [0.2, 0.25) is 0 Å². The van der Waals surface area contributed by atoms with E-state index in [9.17, 15) is 0 Å². The molecular weight excluding hydrogens is 134 g/mol. The van der Waals surface area contributed by atoms with Gasteiger partial charge in [-0.1, -0.05) is 13.8 Å². The third kappa shape index (κ3) is 2.48. The van der Waals surface area contributed by atoms with Gasteiger partial charge >= 0.3 is 0 Å². The van der Waals surface area contributed by atoms with Crippen molar-refractivity contribution in [1.82, 2.24) is 0 Å². The van der Waals surface area contributed by atoms with Crippen LogP contribution in [0.1, 0.15) is 33.1 Å². The second-order valence-corrected chi connectivity index (χ2v) is 4.47. The Morgan fingerprint density at radius 3 is 2.27 bits per heavy atom. The van der Waals surface area contributed by atoms with E-state index in [1.807, 2.05) is 0 Å². The molecule has 1 nitrogen and oxygen atoms in total. The molecule has 1 saturated heterocycles. The van der Waals surface area contributed by atoms with Crippen molar-refractivity contribution in [2.24, 2.45) is 5.92 Å². The maximum atomic E-state index is 2.42. The van der Waals surface area contributed by atoms with Gasteiger partial charge < -0.3 is 4.48 Å². The molecule has 1 aliphatic heterocycles. The Balaban J connectivity index is 2.33. The van der Waals surface area contributed by atoms with Gasteiger partial charge in [-0.05, 0) is 6.42 Å². The van der Waals surface area contributed by atoms with Crippen molar-refractivity contribution in [3.8, 4) is 0 Å². The molecule has 0 bridgehead atoms. The molecule has 0 aromatic heterocycles. The van der Waals surface area contributed by atoms with E-state index in [1.165, 1.54) is 43.4 Å². The predicted molar refractivity (Wildman–Crippen MR) is 49.5 cm³/mol. The van der Waals surface area contributed by atoms with E-state index in [1.54, 1.807) is 0 Å². The van der Waals surface area contributed by atoms with E-state index in [0.717, 1.165) is 5.92 Å². The fourth-order valence-electron chi connectivity index (χ4n) is 2.16. The Bertz CT molecular complexity index is 114. The van der Waals surface area contributed by atoms with E-state index < -0.39 is 0 Å². The first-order valence-corrected chi connectivity index (χ1v) is 5.00. The molecule has 0 aromatic rings. The first kappa shape index (κ1) is 9.05. The maximum absolute atomic E-state index is 2.42. The summed E-state index contributed by atoms with van der Waals surface area (Å²) in [5.74, 6) is 0.915. The highest BCUT2D eigenvalue weighted by molar-refractivity contribution is 4.55. The fourth-order valence-corrected chi connectivity index (χ4v) is 2.16. The average Bonchev–Trinajstić information content (AvgIpc) is 2.36. The molecule has 1 heterocycles. The number of likely N-dealkylation sites (tertiary alicyclic amines) is 1. The Morgan fingerprint density at radius 2 is 1.82 bits per heavy atom. The Labute approximate surface area is 71.0 Å². The summed E-state index contributed by atoms with van der Waals surface area (Å²) in [6.45, 7) is 8.92. The maximum Gasteiger partial charge on any atom is 0.0810 e. The van der Waals surface area contributed by atoms with Gasteiger partial charge in [0.1, 0.15) is 0 Å².